The van der Waals surface area contributed by atoms with Gasteiger partial charge < -0.3 is 20.3 Å². The van der Waals surface area contributed by atoms with Crippen molar-refractivity contribution >= 4 is 46.8 Å². The number of nitrogens with one attached hydrogen (secondary N) is 2. The van der Waals surface area contributed by atoms with Crippen LogP contribution >= 0.6 is 23.4 Å². The number of nitrogens with zero attached hydrogens (tertiary/aromatic N) is 1. The molecule has 2 N–H and O–H groups in total. The first-order chi connectivity index (χ1) is 17.3. The zero-order valence-corrected chi connectivity index (χ0v) is 23.3. The van der Waals surface area contributed by atoms with E-state index in [4.69, 9.17) is 16.3 Å². The molecule has 7 nitrogen and oxygen atoms in total. The molecule has 2 aromatic carbocycles. The second-order valence-electron chi connectivity index (χ2n) is 10.3. The van der Waals surface area contributed by atoms with Crippen molar-refractivity contribution < 1.29 is 23.5 Å². The number of carbonyl (C=O) groups excluding carboxylic acids is 3. The van der Waals surface area contributed by atoms with E-state index in [9.17, 15) is 14.4 Å². The summed E-state index contributed by atoms with van der Waals surface area (Å²) in [5.74, 6) is -0.944. The number of ketones is 1. The predicted octanol–water partition coefficient (Wildman–Crippen LogP) is 5.44. The molecule has 0 unspecified atom stereocenters. The van der Waals surface area contributed by atoms with E-state index in [2.05, 4.69) is 10.6 Å². The van der Waals surface area contributed by atoms with Crippen molar-refractivity contribution in [3.05, 3.63) is 58.4 Å². The molecule has 1 aliphatic rings. The van der Waals surface area contributed by atoms with E-state index in [1.807, 2.05) is 13.8 Å². The standard InChI is InChI=1S/C27H33ClFN3O4S/c1-16(2)12-30-13-23(33)19-10-22-24(11-20(19)29)37-15-21(31-26(35)36-27(3,4)5)25(34)32(22)14-17-6-8-18(28)9-7-17/h6-11,16,21,30H,12-15H2,1-5H3,(H,31,35)/t21-/m0/s1. The van der Waals surface area contributed by atoms with Crippen molar-refractivity contribution in [1.29, 1.82) is 0 Å². The Morgan fingerprint density at radius 2 is 1.89 bits per heavy atom. The number of Topliss-reactive ketones (excluding diaryl/α,β-unsaturated/α-hetero) is 1. The molecule has 0 spiro atoms. The van der Waals surface area contributed by atoms with Crippen LogP contribution in [0.25, 0.3) is 0 Å². The normalized spacial score (nSPS) is 15.8. The predicted molar refractivity (Wildman–Crippen MR) is 145 cm³/mol. The van der Waals surface area contributed by atoms with Gasteiger partial charge in [0.25, 0.3) is 5.91 Å². The van der Waals surface area contributed by atoms with Gasteiger partial charge in [0.1, 0.15) is 17.5 Å². The molecular formula is C27H33ClFN3O4S. The second kappa shape index (κ2) is 12.3. The van der Waals surface area contributed by atoms with Crippen LogP contribution in [0.2, 0.25) is 5.02 Å². The lowest BCUT2D eigenvalue weighted by atomic mass is 10.1. The lowest BCUT2D eigenvalue weighted by Crippen LogP contribution is -2.50. The Labute approximate surface area is 226 Å². The third-order valence-electron chi connectivity index (χ3n) is 5.39. The lowest BCUT2D eigenvalue weighted by molar-refractivity contribution is -0.120. The highest BCUT2D eigenvalue weighted by molar-refractivity contribution is 7.99. The van der Waals surface area contributed by atoms with Gasteiger partial charge in [-0.3, -0.25) is 9.59 Å². The highest BCUT2D eigenvalue weighted by atomic mass is 35.5. The van der Waals surface area contributed by atoms with Crippen LogP contribution in [0.1, 0.15) is 50.5 Å². The minimum Gasteiger partial charge on any atom is -0.444 e. The van der Waals surface area contributed by atoms with Crippen molar-refractivity contribution in [2.24, 2.45) is 5.92 Å². The highest BCUT2D eigenvalue weighted by Gasteiger charge is 2.34. The number of hydrogen-bond donors (Lipinski definition) is 2. The molecule has 0 fully saturated rings. The van der Waals surface area contributed by atoms with Crippen LogP contribution in [0.4, 0.5) is 14.9 Å². The number of halogens is 2. The van der Waals surface area contributed by atoms with Crippen LogP contribution in [-0.4, -0.2) is 48.3 Å². The Balaban J connectivity index is 1.96. The zero-order valence-electron chi connectivity index (χ0n) is 21.7. The van der Waals surface area contributed by atoms with Gasteiger partial charge in [-0.2, -0.15) is 0 Å². The maximum Gasteiger partial charge on any atom is 0.408 e. The monoisotopic (exact) mass is 549 g/mol. The van der Waals surface area contributed by atoms with Crippen LogP contribution in [-0.2, 0) is 16.1 Å². The molecule has 10 heteroatoms. The summed E-state index contributed by atoms with van der Waals surface area (Å²) in [5.41, 5.74) is 0.358. The van der Waals surface area contributed by atoms with Crippen LogP contribution in [0.3, 0.4) is 0 Å². The molecule has 1 atom stereocenters. The highest BCUT2D eigenvalue weighted by Crippen LogP contribution is 2.37. The van der Waals surface area contributed by atoms with Gasteiger partial charge in [0.05, 0.1) is 24.3 Å². The van der Waals surface area contributed by atoms with Gasteiger partial charge >= 0.3 is 6.09 Å². The molecule has 1 aliphatic heterocycles. The molecule has 37 heavy (non-hydrogen) atoms. The smallest absolute Gasteiger partial charge is 0.408 e. The molecule has 0 aliphatic carbocycles. The molecule has 2 aromatic rings. The van der Waals surface area contributed by atoms with Gasteiger partial charge in [0, 0.05) is 15.7 Å². The minimum atomic E-state index is -0.922. The van der Waals surface area contributed by atoms with E-state index >= 15 is 4.39 Å². The molecule has 0 saturated carbocycles. The topological polar surface area (TPSA) is 87.7 Å². The molecular weight excluding hydrogens is 517 g/mol. The van der Waals surface area contributed by atoms with E-state index in [0.29, 0.717) is 28.1 Å². The average Bonchev–Trinajstić information content (AvgIpc) is 2.90. The number of anilines is 1. The number of thioether (sulfide) groups is 1. The fourth-order valence-corrected chi connectivity index (χ4v) is 4.90. The van der Waals surface area contributed by atoms with Crippen LogP contribution < -0.4 is 15.5 Å². The van der Waals surface area contributed by atoms with E-state index < -0.39 is 35.2 Å². The average molecular weight is 550 g/mol. The molecule has 3 rings (SSSR count). The van der Waals surface area contributed by atoms with Crippen LogP contribution in [0.5, 0.6) is 0 Å². The van der Waals surface area contributed by atoms with Crippen molar-refractivity contribution in [1.82, 2.24) is 10.6 Å². The molecule has 200 valence electrons. The van der Waals surface area contributed by atoms with E-state index in [1.165, 1.54) is 28.8 Å². The van der Waals surface area contributed by atoms with Crippen molar-refractivity contribution in [2.45, 2.75) is 57.7 Å². The zero-order chi connectivity index (χ0) is 27.3. The SMILES string of the molecule is CC(C)CNCC(=O)c1cc2c(cc1F)SC[C@H](NC(=O)OC(C)(C)C)C(=O)N2Cc1ccc(Cl)cc1. The molecule has 0 radical (unpaired) electrons. The van der Waals surface area contributed by atoms with Gasteiger partial charge in [0.15, 0.2) is 5.78 Å². The number of fused-ring (bicyclic) bond motifs is 1. The Kier molecular flexibility index (Phi) is 9.61. The Bertz CT molecular complexity index is 1150. The van der Waals surface area contributed by atoms with Crippen LogP contribution in [0, 0.1) is 11.7 Å². The van der Waals surface area contributed by atoms with Gasteiger partial charge in [-0.15, -0.1) is 11.8 Å². The molecule has 0 saturated heterocycles. The summed E-state index contributed by atoms with van der Waals surface area (Å²) in [4.78, 5) is 41.0. The maximum absolute atomic E-state index is 15.1. The van der Waals surface area contributed by atoms with Gasteiger partial charge in [0.2, 0.25) is 0 Å². The molecule has 1 heterocycles. The molecule has 2 amide bonds. The largest absolute Gasteiger partial charge is 0.444 e. The summed E-state index contributed by atoms with van der Waals surface area (Å²) >= 11 is 7.26. The second-order valence-corrected chi connectivity index (χ2v) is 11.8. The minimum absolute atomic E-state index is 0.0189. The fraction of sp³-hybridized carbons (Fsp3) is 0.444. The summed E-state index contributed by atoms with van der Waals surface area (Å²) in [6, 6.07) is 8.80. The number of rotatable bonds is 8. The van der Waals surface area contributed by atoms with Gasteiger partial charge in [-0.25, -0.2) is 9.18 Å². The van der Waals surface area contributed by atoms with E-state index in [1.54, 1.807) is 45.0 Å². The van der Waals surface area contributed by atoms with Gasteiger partial charge in [-0.1, -0.05) is 37.6 Å². The fourth-order valence-electron chi connectivity index (χ4n) is 3.69. The van der Waals surface area contributed by atoms with Crippen molar-refractivity contribution in [3.8, 4) is 0 Å². The Hall–Kier alpha value is -2.62. The lowest BCUT2D eigenvalue weighted by Gasteiger charge is -2.27. The maximum atomic E-state index is 15.1. The van der Waals surface area contributed by atoms with Crippen molar-refractivity contribution in [3.63, 3.8) is 0 Å². The first-order valence-electron chi connectivity index (χ1n) is 12.1. The summed E-state index contributed by atoms with van der Waals surface area (Å²) < 4.78 is 20.4. The summed E-state index contributed by atoms with van der Waals surface area (Å²) in [6.45, 7) is 9.96. The van der Waals surface area contributed by atoms with Crippen LogP contribution in [0.15, 0.2) is 41.3 Å². The number of hydrogen-bond acceptors (Lipinski definition) is 6. The third kappa shape index (κ3) is 8.18. The van der Waals surface area contributed by atoms with Gasteiger partial charge in [-0.05, 0) is 63.1 Å². The number of alkyl carbamates (subject to hydrolysis) is 1. The Morgan fingerprint density at radius 3 is 2.51 bits per heavy atom. The molecule has 0 aromatic heterocycles. The first kappa shape index (κ1) is 28.9. The van der Waals surface area contributed by atoms with E-state index in [-0.39, 0.29) is 24.4 Å². The quantitative estimate of drug-likeness (QED) is 0.426. The molecule has 0 bridgehead atoms. The summed E-state index contributed by atoms with van der Waals surface area (Å²) in [5, 5.41) is 6.24. The summed E-state index contributed by atoms with van der Waals surface area (Å²) in [6.07, 6.45) is -0.720. The van der Waals surface area contributed by atoms with Crippen molar-refractivity contribution in [2.75, 3.05) is 23.7 Å². The number of ether oxygens (including phenoxy) is 1. The first-order valence-corrected chi connectivity index (χ1v) is 13.5. The van der Waals surface area contributed by atoms with E-state index in [0.717, 1.165) is 5.56 Å². The number of carbonyl (C=O) groups is 3. The summed E-state index contributed by atoms with van der Waals surface area (Å²) in [7, 11) is 0. The third-order valence-corrected chi connectivity index (χ3v) is 6.78. The Morgan fingerprint density at radius 1 is 1.22 bits per heavy atom. The number of benzene rings is 2. The number of amides is 2.